The predicted octanol–water partition coefficient (Wildman–Crippen LogP) is 2.55. The summed E-state index contributed by atoms with van der Waals surface area (Å²) in [4.78, 5) is 4.01. The standard InChI is InChI=1S/C10H9BrN2O3S/c1-7-6-16-10(12-7)13-17(14,15)9-5-3-2-4-8(9)11/h2-6H,1H3,(H,12,13). The van der Waals surface area contributed by atoms with E-state index in [0.29, 0.717) is 10.2 Å². The molecule has 2 rings (SSSR count). The van der Waals surface area contributed by atoms with E-state index in [1.54, 1.807) is 25.1 Å². The monoisotopic (exact) mass is 316 g/mol. The normalized spacial score (nSPS) is 11.4. The molecule has 90 valence electrons. The van der Waals surface area contributed by atoms with E-state index < -0.39 is 10.0 Å². The van der Waals surface area contributed by atoms with Crippen molar-refractivity contribution in [3.63, 3.8) is 0 Å². The Morgan fingerprint density at radius 2 is 2.06 bits per heavy atom. The first-order valence-electron chi connectivity index (χ1n) is 4.68. The second-order valence-electron chi connectivity index (χ2n) is 3.33. The van der Waals surface area contributed by atoms with Crippen molar-refractivity contribution >= 4 is 32.0 Å². The highest BCUT2D eigenvalue weighted by Gasteiger charge is 2.19. The topological polar surface area (TPSA) is 72.2 Å². The van der Waals surface area contributed by atoms with Crippen molar-refractivity contribution in [2.24, 2.45) is 0 Å². The van der Waals surface area contributed by atoms with E-state index in [0.717, 1.165) is 0 Å². The lowest BCUT2D eigenvalue weighted by molar-refractivity contribution is 0.569. The molecule has 0 aliphatic heterocycles. The maximum atomic E-state index is 12.0. The molecule has 0 saturated heterocycles. The number of aromatic nitrogens is 1. The Balaban J connectivity index is 2.35. The maximum absolute atomic E-state index is 12.0. The van der Waals surface area contributed by atoms with Crippen molar-refractivity contribution in [1.82, 2.24) is 4.98 Å². The maximum Gasteiger partial charge on any atom is 0.309 e. The van der Waals surface area contributed by atoms with Crippen LogP contribution in [0.3, 0.4) is 0 Å². The Morgan fingerprint density at radius 3 is 2.65 bits per heavy atom. The molecule has 0 unspecified atom stereocenters. The van der Waals surface area contributed by atoms with Crippen molar-refractivity contribution in [3.05, 3.63) is 40.7 Å². The molecule has 0 atom stereocenters. The van der Waals surface area contributed by atoms with Gasteiger partial charge in [-0.3, -0.25) is 0 Å². The van der Waals surface area contributed by atoms with Gasteiger partial charge in [-0.1, -0.05) is 12.1 Å². The fourth-order valence-corrected chi connectivity index (χ4v) is 3.17. The highest BCUT2D eigenvalue weighted by Crippen LogP contribution is 2.23. The van der Waals surface area contributed by atoms with Crippen LogP contribution in [0.1, 0.15) is 5.69 Å². The van der Waals surface area contributed by atoms with Crippen LogP contribution < -0.4 is 4.72 Å². The largest absolute Gasteiger partial charge is 0.431 e. The summed E-state index contributed by atoms with van der Waals surface area (Å²) in [7, 11) is -3.68. The molecule has 17 heavy (non-hydrogen) atoms. The number of oxazole rings is 1. The summed E-state index contributed by atoms with van der Waals surface area (Å²) >= 11 is 3.18. The van der Waals surface area contributed by atoms with Crippen molar-refractivity contribution in [3.8, 4) is 0 Å². The fourth-order valence-electron chi connectivity index (χ4n) is 1.23. The lowest BCUT2D eigenvalue weighted by atomic mass is 10.4. The second kappa shape index (κ2) is 4.50. The second-order valence-corrected chi connectivity index (χ2v) is 5.84. The first-order chi connectivity index (χ1) is 7.99. The number of sulfonamides is 1. The molecule has 1 N–H and O–H groups in total. The van der Waals surface area contributed by atoms with Crippen molar-refractivity contribution < 1.29 is 12.8 Å². The van der Waals surface area contributed by atoms with E-state index in [-0.39, 0.29) is 10.9 Å². The third kappa shape index (κ3) is 2.67. The first-order valence-corrected chi connectivity index (χ1v) is 6.96. The van der Waals surface area contributed by atoms with Gasteiger partial charge in [0.15, 0.2) is 0 Å². The van der Waals surface area contributed by atoms with E-state index in [9.17, 15) is 8.42 Å². The summed E-state index contributed by atoms with van der Waals surface area (Å²) in [6.45, 7) is 1.71. The van der Waals surface area contributed by atoms with Crippen molar-refractivity contribution in [2.45, 2.75) is 11.8 Å². The predicted molar refractivity (Wildman–Crippen MR) is 66.2 cm³/mol. The van der Waals surface area contributed by atoms with Crippen LogP contribution in [0.5, 0.6) is 0 Å². The van der Waals surface area contributed by atoms with Crippen LogP contribution in [0.15, 0.2) is 44.3 Å². The van der Waals surface area contributed by atoms with Gasteiger partial charge in [-0.15, -0.1) is 0 Å². The highest BCUT2D eigenvalue weighted by molar-refractivity contribution is 9.10. The number of nitrogens with one attached hydrogen (secondary N) is 1. The molecule has 7 heteroatoms. The number of rotatable bonds is 3. The molecular formula is C10H9BrN2O3S. The Labute approximate surface area is 107 Å². The zero-order valence-corrected chi connectivity index (χ0v) is 11.2. The van der Waals surface area contributed by atoms with Crippen LogP contribution in [0, 0.1) is 6.92 Å². The molecule has 2 aromatic rings. The molecule has 5 nitrogen and oxygen atoms in total. The number of halogens is 1. The van der Waals surface area contributed by atoms with Crippen LogP contribution in [0.4, 0.5) is 6.01 Å². The summed E-state index contributed by atoms with van der Waals surface area (Å²) < 4.78 is 31.7. The zero-order chi connectivity index (χ0) is 12.5. The Morgan fingerprint density at radius 1 is 1.35 bits per heavy atom. The van der Waals surface area contributed by atoms with Crippen LogP contribution in [0.2, 0.25) is 0 Å². The number of nitrogens with zero attached hydrogens (tertiary/aromatic N) is 1. The van der Waals surface area contributed by atoms with Gasteiger partial charge in [0, 0.05) is 4.47 Å². The van der Waals surface area contributed by atoms with Crippen LogP contribution in [0.25, 0.3) is 0 Å². The van der Waals surface area contributed by atoms with Gasteiger partial charge >= 0.3 is 6.01 Å². The number of hydrogen-bond donors (Lipinski definition) is 1. The Bertz CT molecular complexity index is 637. The minimum atomic E-state index is -3.68. The zero-order valence-electron chi connectivity index (χ0n) is 8.84. The number of anilines is 1. The summed E-state index contributed by atoms with van der Waals surface area (Å²) in [5.41, 5.74) is 0.606. The SMILES string of the molecule is Cc1coc(NS(=O)(=O)c2ccccc2Br)n1. The molecule has 0 saturated carbocycles. The van der Waals surface area contributed by atoms with Gasteiger partial charge in [0.05, 0.1) is 5.69 Å². The van der Waals surface area contributed by atoms with Gasteiger partial charge in [0.25, 0.3) is 10.0 Å². The van der Waals surface area contributed by atoms with Crippen molar-refractivity contribution in [1.29, 1.82) is 0 Å². The molecule has 0 amide bonds. The van der Waals surface area contributed by atoms with Crippen LogP contribution in [-0.4, -0.2) is 13.4 Å². The Kier molecular flexibility index (Phi) is 3.21. The van der Waals surface area contributed by atoms with Crippen LogP contribution >= 0.6 is 15.9 Å². The molecular weight excluding hydrogens is 308 g/mol. The van der Waals surface area contributed by atoms with Gasteiger partial charge in [-0.2, -0.15) is 4.98 Å². The number of benzene rings is 1. The van der Waals surface area contributed by atoms with E-state index >= 15 is 0 Å². The average Bonchev–Trinajstić information content (AvgIpc) is 2.63. The summed E-state index contributed by atoms with van der Waals surface area (Å²) in [6, 6.07) is 6.47. The minimum Gasteiger partial charge on any atom is -0.431 e. The van der Waals surface area contributed by atoms with Gasteiger partial charge in [0.2, 0.25) is 0 Å². The average molecular weight is 317 g/mol. The van der Waals surface area contributed by atoms with E-state index in [1.807, 2.05) is 0 Å². The lowest BCUT2D eigenvalue weighted by Crippen LogP contribution is -2.13. The highest BCUT2D eigenvalue weighted by atomic mass is 79.9. The first kappa shape index (κ1) is 12.1. The third-order valence-electron chi connectivity index (χ3n) is 1.97. The molecule has 0 fully saturated rings. The van der Waals surface area contributed by atoms with E-state index in [1.165, 1.54) is 12.3 Å². The smallest absolute Gasteiger partial charge is 0.309 e. The molecule has 0 bridgehead atoms. The summed E-state index contributed by atoms with van der Waals surface area (Å²) in [6.07, 6.45) is 1.37. The summed E-state index contributed by atoms with van der Waals surface area (Å²) in [5, 5.41) is 0. The molecule has 0 radical (unpaired) electrons. The number of hydrogen-bond acceptors (Lipinski definition) is 4. The Hall–Kier alpha value is -1.34. The summed E-state index contributed by atoms with van der Waals surface area (Å²) in [5.74, 6) is 0. The van der Waals surface area contributed by atoms with Gasteiger partial charge < -0.3 is 4.42 Å². The van der Waals surface area contributed by atoms with Crippen molar-refractivity contribution in [2.75, 3.05) is 4.72 Å². The number of aryl methyl sites for hydroxylation is 1. The van der Waals surface area contributed by atoms with Gasteiger partial charge in [-0.25, -0.2) is 13.1 Å². The molecule has 0 aliphatic rings. The molecule has 1 aromatic heterocycles. The molecule has 1 heterocycles. The molecule has 0 aliphatic carbocycles. The molecule has 0 spiro atoms. The fraction of sp³-hybridized carbons (Fsp3) is 0.100. The lowest BCUT2D eigenvalue weighted by Gasteiger charge is -2.05. The van der Waals surface area contributed by atoms with Gasteiger partial charge in [0.1, 0.15) is 11.2 Å². The van der Waals surface area contributed by atoms with Crippen LogP contribution in [-0.2, 0) is 10.0 Å². The van der Waals surface area contributed by atoms with Gasteiger partial charge in [-0.05, 0) is 35.0 Å². The minimum absolute atomic E-state index is 0.0433. The third-order valence-corrected chi connectivity index (χ3v) is 4.30. The van der Waals surface area contributed by atoms with E-state index in [2.05, 4.69) is 25.6 Å². The van der Waals surface area contributed by atoms with E-state index in [4.69, 9.17) is 4.42 Å². The quantitative estimate of drug-likeness (QED) is 0.944. The molecule has 1 aromatic carbocycles.